The van der Waals surface area contributed by atoms with Crippen molar-refractivity contribution in [2.45, 2.75) is 38.1 Å². The van der Waals surface area contributed by atoms with Crippen molar-refractivity contribution < 1.29 is 9.90 Å². The van der Waals surface area contributed by atoms with Gasteiger partial charge in [-0.05, 0) is 63.0 Å². The Morgan fingerprint density at radius 1 is 1.11 bits per heavy atom. The van der Waals surface area contributed by atoms with E-state index in [1.54, 1.807) is 24.3 Å². The number of carbonyl (C=O) groups excluding carboxylic acids is 1. The molecule has 0 saturated carbocycles. The molecule has 0 aliphatic carbocycles. The maximum atomic E-state index is 12.8. The van der Waals surface area contributed by atoms with Gasteiger partial charge in [0.25, 0.3) is 5.91 Å². The molecule has 2 saturated heterocycles. The minimum atomic E-state index is 0.0131. The number of likely N-dealkylation sites (tertiary alicyclic amines) is 2. The Kier molecular flexibility index (Phi) is 5.11. The van der Waals surface area contributed by atoms with Crippen LogP contribution in [0.25, 0.3) is 0 Å². The Labute approximate surface area is 159 Å². The first-order valence-corrected chi connectivity index (χ1v) is 9.80. The summed E-state index contributed by atoms with van der Waals surface area (Å²) in [6, 6.07) is 6.47. The fourth-order valence-electron chi connectivity index (χ4n) is 4.17. The Bertz CT molecular complexity index is 795. The fraction of sp³-hybridized carbons (Fsp3) is 0.550. The molecule has 1 amide bonds. The van der Waals surface area contributed by atoms with Crippen molar-refractivity contribution in [1.29, 1.82) is 0 Å². The van der Waals surface area contributed by atoms with E-state index in [0.29, 0.717) is 12.1 Å². The van der Waals surface area contributed by atoms with Crippen molar-refractivity contribution in [2.24, 2.45) is 7.05 Å². The topological polar surface area (TPSA) is 74.5 Å². The van der Waals surface area contributed by atoms with Crippen LogP contribution in [0.15, 0.2) is 24.3 Å². The number of aromatic nitrogens is 3. The van der Waals surface area contributed by atoms with Crippen LogP contribution < -0.4 is 0 Å². The summed E-state index contributed by atoms with van der Waals surface area (Å²) in [6.07, 6.45) is 4.52. The summed E-state index contributed by atoms with van der Waals surface area (Å²) in [5.74, 6) is 2.39. The molecule has 2 fully saturated rings. The molecule has 27 heavy (non-hydrogen) atoms. The number of carbonyl (C=O) groups is 1. The van der Waals surface area contributed by atoms with E-state index >= 15 is 0 Å². The molecule has 4 rings (SSSR count). The SMILES string of the molecule is Cn1c(CN2CCCC2)nnc1[C@@H]1CCCN(C(=O)c2ccc(O)cc2)C1. The molecule has 0 unspecified atom stereocenters. The smallest absolute Gasteiger partial charge is 0.253 e. The van der Waals surface area contributed by atoms with E-state index in [1.165, 1.54) is 12.8 Å². The van der Waals surface area contributed by atoms with Crippen molar-refractivity contribution in [2.75, 3.05) is 26.2 Å². The van der Waals surface area contributed by atoms with Gasteiger partial charge in [-0.1, -0.05) is 0 Å². The molecule has 1 aromatic carbocycles. The van der Waals surface area contributed by atoms with Gasteiger partial charge in [0.2, 0.25) is 0 Å². The van der Waals surface area contributed by atoms with Crippen molar-refractivity contribution in [3.8, 4) is 5.75 Å². The fourth-order valence-corrected chi connectivity index (χ4v) is 4.17. The van der Waals surface area contributed by atoms with Gasteiger partial charge in [0, 0.05) is 31.6 Å². The van der Waals surface area contributed by atoms with Crippen molar-refractivity contribution >= 4 is 5.91 Å². The molecule has 7 heteroatoms. The first-order chi connectivity index (χ1) is 13.1. The van der Waals surface area contributed by atoms with Crippen LogP contribution in [0.2, 0.25) is 0 Å². The summed E-state index contributed by atoms with van der Waals surface area (Å²) >= 11 is 0. The highest BCUT2D eigenvalue weighted by Gasteiger charge is 2.29. The molecular formula is C20H27N5O2. The second kappa shape index (κ2) is 7.68. The van der Waals surface area contributed by atoms with E-state index in [0.717, 1.165) is 50.7 Å². The van der Waals surface area contributed by atoms with Gasteiger partial charge in [-0.15, -0.1) is 10.2 Å². The zero-order chi connectivity index (χ0) is 18.8. The lowest BCUT2D eigenvalue weighted by Crippen LogP contribution is -2.39. The van der Waals surface area contributed by atoms with Crippen LogP contribution in [0.5, 0.6) is 5.75 Å². The second-order valence-electron chi connectivity index (χ2n) is 7.65. The number of benzene rings is 1. The Morgan fingerprint density at radius 3 is 2.59 bits per heavy atom. The van der Waals surface area contributed by atoms with E-state index in [-0.39, 0.29) is 17.6 Å². The molecule has 7 nitrogen and oxygen atoms in total. The van der Waals surface area contributed by atoms with Crippen LogP contribution in [0.4, 0.5) is 0 Å². The first kappa shape index (κ1) is 18.0. The van der Waals surface area contributed by atoms with Gasteiger partial charge in [-0.3, -0.25) is 9.69 Å². The zero-order valence-corrected chi connectivity index (χ0v) is 15.8. The molecular weight excluding hydrogens is 342 g/mol. The summed E-state index contributed by atoms with van der Waals surface area (Å²) in [6.45, 7) is 4.55. The number of amides is 1. The van der Waals surface area contributed by atoms with Gasteiger partial charge in [-0.2, -0.15) is 0 Å². The molecule has 0 radical (unpaired) electrons. The summed E-state index contributed by atoms with van der Waals surface area (Å²) in [4.78, 5) is 17.1. The van der Waals surface area contributed by atoms with Gasteiger partial charge in [0.1, 0.15) is 17.4 Å². The largest absolute Gasteiger partial charge is 0.508 e. The van der Waals surface area contributed by atoms with Gasteiger partial charge >= 0.3 is 0 Å². The number of hydrogen-bond acceptors (Lipinski definition) is 5. The molecule has 1 aromatic heterocycles. The lowest BCUT2D eigenvalue weighted by Gasteiger charge is -2.32. The average molecular weight is 369 g/mol. The third-order valence-corrected chi connectivity index (χ3v) is 5.75. The van der Waals surface area contributed by atoms with Gasteiger partial charge in [0.15, 0.2) is 0 Å². The normalized spacial score (nSPS) is 20.9. The van der Waals surface area contributed by atoms with E-state index < -0.39 is 0 Å². The standard InChI is InChI=1S/C20H27N5O2/c1-23-18(14-24-10-2-3-11-24)21-22-19(23)16-5-4-12-25(13-16)20(27)15-6-8-17(26)9-7-15/h6-9,16,26H,2-5,10-14H2,1H3/t16-/m1/s1. The van der Waals surface area contributed by atoms with E-state index in [2.05, 4.69) is 19.7 Å². The molecule has 2 aliphatic rings. The molecule has 2 aromatic rings. The van der Waals surface area contributed by atoms with Crippen LogP contribution in [-0.4, -0.2) is 61.8 Å². The Morgan fingerprint density at radius 2 is 1.85 bits per heavy atom. The third kappa shape index (κ3) is 3.83. The summed E-state index contributed by atoms with van der Waals surface area (Å²) in [5.41, 5.74) is 0.612. The van der Waals surface area contributed by atoms with Gasteiger partial charge in [-0.25, -0.2) is 0 Å². The number of aromatic hydroxyl groups is 1. The number of rotatable bonds is 4. The van der Waals surface area contributed by atoms with Gasteiger partial charge in [0.05, 0.1) is 6.54 Å². The zero-order valence-electron chi connectivity index (χ0n) is 15.8. The third-order valence-electron chi connectivity index (χ3n) is 5.75. The minimum absolute atomic E-state index is 0.0131. The van der Waals surface area contributed by atoms with Crippen molar-refractivity contribution in [3.05, 3.63) is 41.5 Å². The van der Waals surface area contributed by atoms with Crippen LogP contribution in [0.1, 0.15) is 53.6 Å². The summed E-state index contributed by atoms with van der Waals surface area (Å²) in [7, 11) is 2.04. The second-order valence-corrected chi connectivity index (χ2v) is 7.65. The highest BCUT2D eigenvalue weighted by molar-refractivity contribution is 5.94. The minimum Gasteiger partial charge on any atom is -0.508 e. The molecule has 0 spiro atoms. The van der Waals surface area contributed by atoms with Crippen LogP contribution >= 0.6 is 0 Å². The highest BCUT2D eigenvalue weighted by atomic mass is 16.3. The predicted octanol–water partition coefficient (Wildman–Crippen LogP) is 2.14. The molecule has 144 valence electrons. The average Bonchev–Trinajstić information content (AvgIpc) is 3.33. The van der Waals surface area contributed by atoms with Crippen LogP contribution in [-0.2, 0) is 13.6 Å². The maximum Gasteiger partial charge on any atom is 0.253 e. The maximum absolute atomic E-state index is 12.8. The lowest BCUT2D eigenvalue weighted by atomic mass is 9.96. The number of piperidine rings is 1. The molecule has 2 aliphatic heterocycles. The van der Waals surface area contributed by atoms with E-state index in [1.807, 2.05) is 11.9 Å². The number of phenols is 1. The number of nitrogens with zero attached hydrogens (tertiary/aromatic N) is 5. The van der Waals surface area contributed by atoms with Crippen LogP contribution in [0, 0.1) is 0 Å². The molecule has 0 bridgehead atoms. The van der Waals surface area contributed by atoms with E-state index in [4.69, 9.17) is 0 Å². The monoisotopic (exact) mass is 369 g/mol. The van der Waals surface area contributed by atoms with Crippen LogP contribution in [0.3, 0.4) is 0 Å². The Hall–Kier alpha value is -2.41. The summed E-state index contributed by atoms with van der Waals surface area (Å²) in [5, 5.41) is 18.3. The highest BCUT2D eigenvalue weighted by Crippen LogP contribution is 2.27. The molecule has 1 atom stereocenters. The molecule has 3 heterocycles. The lowest BCUT2D eigenvalue weighted by molar-refractivity contribution is 0.0703. The summed E-state index contributed by atoms with van der Waals surface area (Å²) < 4.78 is 2.12. The quantitative estimate of drug-likeness (QED) is 0.894. The van der Waals surface area contributed by atoms with Crippen molar-refractivity contribution in [1.82, 2.24) is 24.6 Å². The predicted molar refractivity (Wildman–Crippen MR) is 101 cm³/mol. The number of phenolic OH excluding ortho intramolecular Hbond substituents is 1. The first-order valence-electron chi connectivity index (χ1n) is 9.80. The number of hydrogen-bond donors (Lipinski definition) is 1. The Balaban J connectivity index is 1.45. The van der Waals surface area contributed by atoms with E-state index in [9.17, 15) is 9.90 Å². The van der Waals surface area contributed by atoms with Crippen molar-refractivity contribution in [3.63, 3.8) is 0 Å². The van der Waals surface area contributed by atoms with Gasteiger partial charge < -0.3 is 14.6 Å². The molecule has 1 N–H and O–H groups in total.